The van der Waals surface area contributed by atoms with Crippen molar-refractivity contribution in [3.05, 3.63) is 41.6 Å². The van der Waals surface area contributed by atoms with Crippen LogP contribution in [-0.2, 0) is 0 Å². The third-order valence-corrected chi connectivity index (χ3v) is 4.75. The van der Waals surface area contributed by atoms with Gasteiger partial charge in [0.15, 0.2) is 0 Å². The minimum Gasteiger partial charge on any atom is -0.467 e. The van der Waals surface area contributed by atoms with Gasteiger partial charge in [0.05, 0.1) is 23.7 Å². The summed E-state index contributed by atoms with van der Waals surface area (Å²) in [4.78, 5) is 12.6. The normalized spacial score (nSPS) is 18.2. The summed E-state index contributed by atoms with van der Waals surface area (Å²) in [6.07, 6.45) is 8.71. The minimum absolute atomic E-state index is 0.136. The van der Waals surface area contributed by atoms with Gasteiger partial charge in [0, 0.05) is 18.4 Å². The Morgan fingerprint density at radius 3 is 2.96 bits per heavy atom. The standard InChI is InChI=1S/C18H25N3O3/c1-12(10-15(22)16-8-5-9-24-16)20-18(23)14-11-19-21-17(14)13-6-3-2-4-7-13/h5,8-9,11-13,15,22H,2-4,6-7,10H2,1H3,(H,19,21)(H,20,23). The topological polar surface area (TPSA) is 91.2 Å². The lowest BCUT2D eigenvalue weighted by Gasteiger charge is -2.22. The van der Waals surface area contributed by atoms with Gasteiger partial charge in [-0.05, 0) is 31.9 Å². The first-order valence-electron chi connectivity index (χ1n) is 8.70. The number of H-pyrrole nitrogens is 1. The van der Waals surface area contributed by atoms with Crippen LogP contribution in [0.4, 0.5) is 0 Å². The SMILES string of the molecule is CC(CC(O)c1ccco1)NC(=O)c1cn[nH]c1C1CCCCC1. The number of aromatic amines is 1. The molecule has 2 heterocycles. The van der Waals surface area contributed by atoms with Crippen LogP contribution in [0, 0.1) is 0 Å². The molecule has 24 heavy (non-hydrogen) atoms. The van der Waals surface area contributed by atoms with Gasteiger partial charge in [0.2, 0.25) is 0 Å². The van der Waals surface area contributed by atoms with Crippen LogP contribution >= 0.6 is 0 Å². The zero-order chi connectivity index (χ0) is 16.9. The maximum Gasteiger partial charge on any atom is 0.254 e. The molecule has 1 fully saturated rings. The number of nitrogens with one attached hydrogen (secondary N) is 2. The van der Waals surface area contributed by atoms with Gasteiger partial charge in [-0.1, -0.05) is 19.3 Å². The van der Waals surface area contributed by atoms with E-state index < -0.39 is 6.10 Å². The zero-order valence-electron chi connectivity index (χ0n) is 14.0. The molecule has 2 aromatic heterocycles. The Hall–Kier alpha value is -2.08. The van der Waals surface area contributed by atoms with Crippen LogP contribution in [0.5, 0.6) is 0 Å². The molecule has 6 nitrogen and oxygen atoms in total. The van der Waals surface area contributed by atoms with Crippen LogP contribution < -0.4 is 5.32 Å². The highest BCUT2D eigenvalue weighted by Crippen LogP contribution is 2.33. The quantitative estimate of drug-likeness (QED) is 0.757. The second kappa shape index (κ2) is 7.66. The number of hydrogen-bond acceptors (Lipinski definition) is 4. The molecule has 0 bridgehead atoms. The van der Waals surface area contributed by atoms with Gasteiger partial charge in [-0.2, -0.15) is 5.10 Å². The molecule has 6 heteroatoms. The Kier molecular flexibility index (Phi) is 5.35. The molecule has 1 saturated carbocycles. The van der Waals surface area contributed by atoms with Gasteiger partial charge in [-0.3, -0.25) is 9.89 Å². The number of carbonyl (C=O) groups excluding carboxylic acids is 1. The Morgan fingerprint density at radius 2 is 2.25 bits per heavy atom. The van der Waals surface area contributed by atoms with E-state index in [4.69, 9.17) is 4.42 Å². The van der Waals surface area contributed by atoms with Crippen LogP contribution in [0.2, 0.25) is 0 Å². The van der Waals surface area contributed by atoms with Gasteiger partial charge in [0.25, 0.3) is 5.91 Å². The molecule has 0 aromatic carbocycles. The first kappa shape index (κ1) is 16.8. The zero-order valence-corrected chi connectivity index (χ0v) is 14.0. The Balaban J connectivity index is 1.59. The highest BCUT2D eigenvalue weighted by molar-refractivity contribution is 5.95. The maximum atomic E-state index is 12.6. The summed E-state index contributed by atoms with van der Waals surface area (Å²) in [5.74, 6) is 0.775. The third kappa shape index (κ3) is 3.87. The molecular formula is C18H25N3O3. The van der Waals surface area contributed by atoms with Gasteiger partial charge in [-0.25, -0.2) is 0 Å². The van der Waals surface area contributed by atoms with Crippen molar-refractivity contribution in [2.24, 2.45) is 0 Å². The van der Waals surface area contributed by atoms with E-state index in [9.17, 15) is 9.90 Å². The van der Waals surface area contributed by atoms with Crippen molar-refractivity contribution in [1.82, 2.24) is 15.5 Å². The van der Waals surface area contributed by atoms with Gasteiger partial charge < -0.3 is 14.8 Å². The van der Waals surface area contributed by atoms with Crippen LogP contribution in [0.25, 0.3) is 0 Å². The Labute approximate surface area is 141 Å². The summed E-state index contributed by atoms with van der Waals surface area (Å²) in [6, 6.07) is 3.30. The van der Waals surface area contributed by atoms with E-state index in [0.717, 1.165) is 18.5 Å². The fraction of sp³-hybridized carbons (Fsp3) is 0.556. The van der Waals surface area contributed by atoms with E-state index in [1.165, 1.54) is 25.5 Å². The molecule has 0 spiro atoms. The van der Waals surface area contributed by atoms with E-state index >= 15 is 0 Å². The van der Waals surface area contributed by atoms with Crippen LogP contribution in [0.1, 0.15) is 79.3 Å². The monoisotopic (exact) mass is 331 g/mol. The number of furan rings is 1. The van der Waals surface area contributed by atoms with Crippen molar-refractivity contribution >= 4 is 5.91 Å². The number of aliphatic hydroxyl groups is 1. The minimum atomic E-state index is -0.725. The van der Waals surface area contributed by atoms with Crippen molar-refractivity contribution in [3.8, 4) is 0 Å². The molecule has 0 aliphatic heterocycles. The summed E-state index contributed by atoms with van der Waals surface area (Å²) in [5, 5.41) is 20.2. The number of aliphatic hydroxyl groups excluding tert-OH is 1. The van der Waals surface area contributed by atoms with Crippen molar-refractivity contribution in [2.75, 3.05) is 0 Å². The third-order valence-electron chi connectivity index (χ3n) is 4.75. The predicted octanol–water partition coefficient (Wildman–Crippen LogP) is 3.29. The number of amides is 1. The van der Waals surface area contributed by atoms with E-state index in [0.29, 0.717) is 23.7 Å². The number of nitrogens with zero attached hydrogens (tertiary/aromatic N) is 1. The summed E-state index contributed by atoms with van der Waals surface area (Å²) >= 11 is 0. The van der Waals surface area contributed by atoms with Gasteiger partial charge >= 0.3 is 0 Å². The largest absolute Gasteiger partial charge is 0.467 e. The molecule has 2 atom stereocenters. The van der Waals surface area contributed by atoms with Gasteiger partial charge in [-0.15, -0.1) is 0 Å². The van der Waals surface area contributed by atoms with Crippen molar-refractivity contribution in [2.45, 2.75) is 63.5 Å². The molecule has 3 N–H and O–H groups in total. The fourth-order valence-electron chi connectivity index (χ4n) is 3.47. The molecule has 2 aromatic rings. The molecule has 3 rings (SSSR count). The van der Waals surface area contributed by atoms with Crippen LogP contribution in [-0.4, -0.2) is 27.3 Å². The van der Waals surface area contributed by atoms with Crippen LogP contribution in [0.3, 0.4) is 0 Å². The molecule has 1 aliphatic rings. The Bertz CT molecular complexity index is 644. The molecule has 2 unspecified atom stereocenters. The lowest BCUT2D eigenvalue weighted by molar-refractivity contribution is 0.0901. The average molecular weight is 331 g/mol. The number of aromatic nitrogens is 2. The lowest BCUT2D eigenvalue weighted by Crippen LogP contribution is -2.34. The summed E-state index contributed by atoms with van der Waals surface area (Å²) in [5.41, 5.74) is 1.58. The molecule has 1 amide bonds. The first-order valence-corrected chi connectivity index (χ1v) is 8.70. The highest BCUT2D eigenvalue weighted by Gasteiger charge is 2.24. The fourth-order valence-corrected chi connectivity index (χ4v) is 3.47. The molecule has 130 valence electrons. The summed E-state index contributed by atoms with van der Waals surface area (Å²) in [6.45, 7) is 1.88. The number of carbonyl (C=O) groups is 1. The van der Waals surface area contributed by atoms with Crippen molar-refractivity contribution in [1.29, 1.82) is 0 Å². The first-order chi connectivity index (χ1) is 11.6. The molecule has 0 saturated heterocycles. The Morgan fingerprint density at radius 1 is 1.46 bits per heavy atom. The highest BCUT2D eigenvalue weighted by atomic mass is 16.4. The molecular weight excluding hydrogens is 306 g/mol. The number of hydrogen-bond donors (Lipinski definition) is 3. The van der Waals surface area contributed by atoms with E-state index in [1.807, 2.05) is 6.92 Å². The van der Waals surface area contributed by atoms with Crippen LogP contribution in [0.15, 0.2) is 29.0 Å². The van der Waals surface area contributed by atoms with E-state index in [2.05, 4.69) is 15.5 Å². The molecule has 0 radical (unpaired) electrons. The maximum absolute atomic E-state index is 12.6. The number of rotatable bonds is 6. The van der Waals surface area contributed by atoms with Crippen molar-refractivity contribution < 1.29 is 14.3 Å². The summed E-state index contributed by atoms with van der Waals surface area (Å²) < 4.78 is 5.19. The summed E-state index contributed by atoms with van der Waals surface area (Å²) in [7, 11) is 0. The van der Waals surface area contributed by atoms with Crippen molar-refractivity contribution in [3.63, 3.8) is 0 Å². The smallest absolute Gasteiger partial charge is 0.254 e. The lowest BCUT2D eigenvalue weighted by atomic mass is 9.85. The second-order valence-electron chi connectivity index (χ2n) is 6.67. The second-order valence-corrected chi connectivity index (χ2v) is 6.67. The average Bonchev–Trinajstić information content (AvgIpc) is 3.27. The predicted molar refractivity (Wildman–Crippen MR) is 89.6 cm³/mol. The van der Waals surface area contributed by atoms with E-state index in [1.54, 1.807) is 18.3 Å². The van der Waals surface area contributed by atoms with Gasteiger partial charge in [0.1, 0.15) is 11.9 Å². The van der Waals surface area contributed by atoms with E-state index in [-0.39, 0.29) is 11.9 Å². The molecule has 1 aliphatic carbocycles.